The molecule has 0 amide bonds. The lowest BCUT2D eigenvalue weighted by Crippen LogP contribution is -2.39. The van der Waals surface area contributed by atoms with E-state index in [9.17, 15) is 13.2 Å². The fraction of sp³-hybridized carbons (Fsp3) is 0.350. The van der Waals surface area contributed by atoms with Crippen LogP contribution in [0.15, 0.2) is 53.4 Å². The minimum Gasteiger partial charge on any atom is -0.497 e. The largest absolute Gasteiger partial charge is 0.497 e. The normalized spacial score (nSPS) is 11.6. The lowest BCUT2D eigenvalue weighted by atomic mass is 10.2. The van der Waals surface area contributed by atoms with Crippen LogP contribution < -0.4 is 13.8 Å². The molecule has 0 aromatic heterocycles. The minimum absolute atomic E-state index is 0.0448. The molecular weight excluding hydrogens is 382 g/mol. The van der Waals surface area contributed by atoms with Gasteiger partial charge in [-0.15, -0.1) is 0 Å². The van der Waals surface area contributed by atoms with Crippen LogP contribution in [0.1, 0.15) is 20.8 Å². The van der Waals surface area contributed by atoms with E-state index in [-0.39, 0.29) is 16.3 Å². The summed E-state index contributed by atoms with van der Waals surface area (Å²) in [5.74, 6) is 0.0222. The summed E-state index contributed by atoms with van der Waals surface area (Å²) >= 11 is 0. The van der Waals surface area contributed by atoms with Gasteiger partial charge in [-0.1, -0.05) is 18.2 Å². The fourth-order valence-corrected chi connectivity index (χ4v) is 3.93. The molecule has 0 saturated heterocycles. The molecule has 0 unspecified atom stereocenters. The Morgan fingerprint density at radius 2 is 1.64 bits per heavy atom. The van der Waals surface area contributed by atoms with Crippen LogP contribution in [0.25, 0.3) is 0 Å². The van der Waals surface area contributed by atoms with Crippen LogP contribution >= 0.6 is 0 Å². The summed E-state index contributed by atoms with van der Waals surface area (Å²) in [5.41, 5.74) is -0.575. The molecular formula is C20H25NO6S. The van der Waals surface area contributed by atoms with E-state index in [0.29, 0.717) is 5.75 Å². The highest BCUT2D eigenvalue weighted by Crippen LogP contribution is 2.35. The number of carbonyl (C=O) groups excluding carboxylic acids is 1. The van der Waals surface area contributed by atoms with E-state index in [0.717, 1.165) is 4.31 Å². The van der Waals surface area contributed by atoms with Crippen LogP contribution in [-0.4, -0.2) is 40.8 Å². The second kappa shape index (κ2) is 8.52. The summed E-state index contributed by atoms with van der Waals surface area (Å²) in [7, 11) is -1.17. The molecule has 2 aromatic carbocycles. The first kappa shape index (κ1) is 21.6. The first-order valence-electron chi connectivity index (χ1n) is 8.60. The third-order valence-corrected chi connectivity index (χ3v) is 5.45. The van der Waals surface area contributed by atoms with E-state index in [4.69, 9.17) is 14.2 Å². The molecule has 0 aliphatic carbocycles. The molecule has 0 aliphatic heterocycles. The molecule has 0 fully saturated rings. The Bertz CT molecular complexity index is 919. The summed E-state index contributed by atoms with van der Waals surface area (Å²) in [6, 6.07) is 12.6. The first-order valence-corrected chi connectivity index (χ1v) is 10.0. The number of ether oxygens (including phenoxy) is 3. The maximum absolute atomic E-state index is 13.3. The van der Waals surface area contributed by atoms with Crippen molar-refractivity contribution in [2.45, 2.75) is 31.3 Å². The van der Waals surface area contributed by atoms with Crippen molar-refractivity contribution < 1.29 is 27.4 Å². The number of anilines is 1. The molecule has 0 saturated carbocycles. The molecule has 2 aromatic rings. The van der Waals surface area contributed by atoms with Crippen LogP contribution in [0.5, 0.6) is 11.5 Å². The van der Waals surface area contributed by atoms with Crippen LogP contribution in [0.4, 0.5) is 5.69 Å². The highest BCUT2D eigenvalue weighted by molar-refractivity contribution is 7.92. The zero-order chi connectivity index (χ0) is 20.9. The van der Waals surface area contributed by atoms with E-state index in [1.165, 1.54) is 32.4 Å². The van der Waals surface area contributed by atoms with Crippen molar-refractivity contribution in [3.8, 4) is 11.5 Å². The third-order valence-electron chi connectivity index (χ3n) is 3.68. The van der Waals surface area contributed by atoms with Crippen molar-refractivity contribution in [2.24, 2.45) is 0 Å². The molecule has 2 rings (SSSR count). The number of nitrogens with zero attached hydrogens (tertiary/aromatic N) is 1. The Kier molecular flexibility index (Phi) is 6.56. The predicted octanol–water partition coefficient (Wildman–Crippen LogP) is 3.24. The number of hydrogen-bond acceptors (Lipinski definition) is 6. The van der Waals surface area contributed by atoms with E-state index in [2.05, 4.69) is 0 Å². The van der Waals surface area contributed by atoms with Gasteiger partial charge in [0.25, 0.3) is 10.0 Å². The Morgan fingerprint density at radius 1 is 1.00 bits per heavy atom. The van der Waals surface area contributed by atoms with Gasteiger partial charge >= 0.3 is 5.97 Å². The van der Waals surface area contributed by atoms with Crippen LogP contribution in [0.2, 0.25) is 0 Å². The van der Waals surface area contributed by atoms with Crippen molar-refractivity contribution >= 4 is 21.7 Å². The third kappa shape index (κ3) is 5.16. The summed E-state index contributed by atoms with van der Waals surface area (Å²) < 4.78 is 43.5. The van der Waals surface area contributed by atoms with Gasteiger partial charge in [0, 0.05) is 6.07 Å². The fourth-order valence-electron chi connectivity index (χ4n) is 2.50. The monoisotopic (exact) mass is 407 g/mol. The van der Waals surface area contributed by atoms with Gasteiger partial charge in [-0.3, -0.25) is 9.10 Å². The van der Waals surface area contributed by atoms with Gasteiger partial charge in [0.2, 0.25) is 0 Å². The number of carbonyl (C=O) groups is 1. The summed E-state index contributed by atoms with van der Waals surface area (Å²) in [6.07, 6.45) is 0. The van der Waals surface area contributed by atoms with Crippen LogP contribution in [-0.2, 0) is 19.6 Å². The number of esters is 1. The number of sulfonamides is 1. The summed E-state index contributed by atoms with van der Waals surface area (Å²) in [5, 5.41) is 0. The lowest BCUT2D eigenvalue weighted by Gasteiger charge is -2.27. The quantitative estimate of drug-likeness (QED) is 0.656. The zero-order valence-corrected chi connectivity index (χ0v) is 17.4. The number of methoxy groups -OCH3 is 2. The minimum atomic E-state index is -4.07. The Labute approximate surface area is 165 Å². The molecule has 7 nitrogen and oxygen atoms in total. The number of hydrogen-bond donors (Lipinski definition) is 0. The van der Waals surface area contributed by atoms with Gasteiger partial charge in [0.05, 0.1) is 24.8 Å². The molecule has 152 valence electrons. The van der Waals surface area contributed by atoms with Crippen LogP contribution in [0, 0.1) is 0 Å². The molecule has 0 spiro atoms. The number of benzene rings is 2. The van der Waals surface area contributed by atoms with E-state index < -0.39 is 28.1 Å². The van der Waals surface area contributed by atoms with E-state index >= 15 is 0 Å². The lowest BCUT2D eigenvalue weighted by molar-refractivity contribution is -0.152. The maximum atomic E-state index is 13.3. The second-order valence-electron chi connectivity index (χ2n) is 6.95. The Hall–Kier alpha value is -2.74. The van der Waals surface area contributed by atoms with Gasteiger partial charge < -0.3 is 14.2 Å². The number of rotatable bonds is 7. The van der Waals surface area contributed by atoms with E-state index in [1.54, 1.807) is 51.1 Å². The molecule has 0 radical (unpaired) electrons. The molecule has 0 heterocycles. The Balaban J connectivity index is 2.59. The standard InChI is InChI=1S/C20H25NO6S/c1-20(2,3)27-19(22)14-21(28(23,24)16-9-7-6-8-10-16)17-13-15(25-4)11-12-18(17)26-5/h6-13H,14H2,1-5H3. The molecule has 28 heavy (non-hydrogen) atoms. The van der Waals surface area contributed by atoms with E-state index in [1.807, 2.05) is 0 Å². The van der Waals surface area contributed by atoms with Gasteiger partial charge in [0.1, 0.15) is 23.6 Å². The highest BCUT2D eigenvalue weighted by atomic mass is 32.2. The van der Waals surface area contributed by atoms with Crippen molar-refractivity contribution in [2.75, 3.05) is 25.1 Å². The van der Waals surface area contributed by atoms with Gasteiger partial charge in [-0.2, -0.15) is 0 Å². The van der Waals surface area contributed by atoms with Crippen molar-refractivity contribution in [1.82, 2.24) is 0 Å². The van der Waals surface area contributed by atoms with Crippen molar-refractivity contribution in [3.63, 3.8) is 0 Å². The SMILES string of the molecule is COc1ccc(OC)c(N(CC(=O)OC(C)(C)C)S(=O)(=O)c2ccccc2)c1. The summed E-state index contributed by atoms with van der Waals surface area (Å²) in [6.45, 7) is 4.63. The second-order valence-corrected chi connectivity index (χ2v) is 8.81. The van der Waals surface area contributed by atoms with Gasteiger partial charge in [-0.05, 0) is 45.0 Å². The average molecular weight is 407 g/mol. The van der Waals surface area contributed by atoms with Gasteiger partial charge in [0.15, 0.2) is 0 Å². The molecule has 0 aliphatic rings. The average Bonchev–Trinajstić information content (AvgIpc) is 2.64. The predicted molar refractivity (Wildman–Crippen MR) is 106 cm³/mol. The molecule has 8 heteroatoms. The van der Waals surface area contributed by atoms with Crippen molar-refractivity contribution in [1.29, 1.82) is 0 Å². The van der Waals surface area contributed by atoms with Gasteiger partial charge in [-0.25, -0.2) is 8.42 Å². The van der Waals surface area contributed by atoms with Crippen LogP contribution in [0.3, 0.4) is 0 Å². The zero-order valence-electron chi connectivity index (χ0n) is 16.6. The summed E-state index contributed by atoms with van der Waals surface area (Å²) in [4.78, 5) is 12.5. The highest BCUT2D eigenvalue weighted by Gasteiger charge is 2.31. The molecule has 0 atom stereocenters. The molecule has 0 bridgehead atoms. The maximum Gasteiger partial charge on any atom is 0.327 e. The van der Waals surface area contributed by atoms with Crippen molar-refractivity contribution in [3.05, 3.63) is 48.5 Å². The first-order chi connectivity index (χ1) is 13.1. The Morgan fingerprint density at radius 3 is 2.18 bits per heavy atom. The smallest absolute Gasteiger partial charge is 0.327 e. The molecule has 0 N–H and O–H groups in total. The topological polar surface area (TPSA) is 82.1 Å².